The largest absolute Gasteiger partial charge is 0.494 e. The van der Waals surface area contributed by atoms with Crippen molar-refractivity contribution in [1.29, 1.82) is 0 Å². The lowest BCUT2D eigenvalue weighted by Gasteiger charge is -2.04. The molecule has 3 rings (SSSR count). The Morgan fingerprint density at radius 2 is 2.08 bits per heavy atom. The van der Waals surface area contributed by atoms with Crippen molar-refractivity contribution < 1.29 is 9.53 Å². The van der Waals surface area contributed by atoms with E-state index in [0.717, 1.165) is 28.8 Å². The van der Waals surface area contributed by atoms with Gasteiger partial charge in [0.15, 0.2) is 5.13 Å². The Balaban J connectivity index is 1.76. The van der Waals surface area contributed by atoms with Gasteiger partial charge in [0, 0.05) is 5.02 Å². The molecule has 0 atom stereocenters. The molecular formula is C18H16Cl2N2O2S. The molecule has 1 heterocycles. The van der Waals surface area contributed by atoms with E-state index in [1.54, 1.807) is 12.1 Å². The molecule has 7 heteroatoms. The molecule has 2 aromatic carbocycles. The molecule has 0 aliphatic carbocycles. The first kappa shape index (κ1) is 18.0. The zero-order valence-electron chi connectivity index (χ0n) is 13.5. The van der Waals surface area contributed by atoms with Crippen molar-refractivity contribution >= 4 is 55.8 Å². The number of anilines is 1. The highest BCUT2D eigenvalue weighted by Crippen LogP contribution is 2.30. The Hall–Kier alpha value is -1.82. The summed E-state index contributed by atoms with van der Waals surface area (Å²) in [6.45, 7) is 2.82. The van der Waals surface area contributed by atoms with E-state index >= 15 is 0 Å². The molecule has 0 radical (unpaired) electrons. The predicted octanol–water partition coefficient (Wildman–Crippen LogP) is 6.03. The van der Waals surface area contributed by atoms with Crippen molar-refractivity contribution in [2.75, 3.05) is 11.9 Å². The number of hydrogen-bond donors (Lipinski definition) is 1. The highest BCUT2D eigenvalue weighted by molar-refractivity contribution is 7.22. The van der Waals surface area contributed by atoms with Crippen LogP contribution in [0.1, 0.15) is 30.1 Å². The SMILES string of the molecule is CCCCOc1ccc2nc(NC(=O)c3ccc(Cl)cc3Cl)sc2c1. The molecule has 3 aromatic rings. The smallest absolute Gasteiger partial charge is 0.258 e. The second-order valence-electron chi connectivity index (χ2n) is 5.43. The van der Waals surface area contributed by atoms with Gasteiger partial charge in [-0.25, -0.2) is 4.98 Å². The number of unbranched alkanes of at least 4 members (excludes halogenated alkanes) is 1. The van der Waals surface area contributed by atoms with E-state index in [1.807, 2.05) is 18.2 Å². The third-order valence-corrected chi connectivity index (χ3v) is 5.00. The van der Waals surface area contributed by atoms with Gasteiger partial charge >= 0.3 is 0 Å². The number of carbonyl (C=O) groups is 1. The molecule has 4 nitrogen and oxygen atoms in total. The second kappa shape index (κ2) is 8.04. The number of hydrogen-bond acceptors (Lipinski definition) is 4. The first-order valence-electron chi connectivity index (χ1n) is 7.86. The number of rotatable bonds is 6. The molecule has 0 spiro atoms. The van der Waals surface area contributed by atoms with Gasteiger partial charge in [0.1, 0.15) is 5.75 Å². The van der Waals surface area contributed by atoms with Crippen molar-refractivity contribution in [2.45, 2.75) is 19.8 Å². The van der Waals surface area contributed by atoms with E-state index < -0.39 is 0 Å². The molecule has 0 unspecified atom stereocenters. The van der Waals surface area contributed by atoms with Gasteiger partial charge in [-0.3, -0.25) is 10.1 Å². The minimum Gasteiger partial charge on any atom is -0.494 e. The summed E-state index contributed by atoms with van der Waals surface area (Å²) >= 11 is 13.3. The fraction of sp³-hybridized carbons (Fsp3) is 0.222. The second-order valence-corrected chi connectivity index (χ2v) is 7.30. The van der Waals surface area contributed by atoms with Crippen LogP contribution in [0.25, 0.3) is 10.2 Å². The molecule has 0 saturated heterocycles. The van der Waals surface area contributed by atoms with Gasteiger partial charge in [-0.1, -0.05) is 47.9 Å². The van der Waals surface area contributed by atoms with Crippen LogP contribution in [0.15, 0.2) is 36.4 Å². The average molecular weight is 395 g/mol. The molecule has 0 bridgehead atoms. The minimum absolute atomic E-state index is 0.303. The van der Waals surface area contributed by atoms with Crippen LogP contribution in [0, 0.1) is 0 Å². The summed E-state index contributed by atoms with van der Waals surface area (Å²) in [5.74, 6) is 0.489. The van der Waals surface area contributed by atoms with Gasteiger partial charge in [-0.2, -0.15) is 0 Å². The van der Waals surface area contributed by atoms with Gasteiger partial charge in [0.2, 0.25) is 0 Å². The van der Waals surface area contributed by atoms with Crippen molar-refractivity contribution in [3.63, 3.8) is 0 Å². The van der Waals surface area contributed by atoms with E-state index in [2.05, 4.69) is 17.2 Å². The summed E-state index contributed by atoms with van der Waals surface area (Å²) in [5.41, 5.74) is 1.17. The molecule has 1 aromatic heterocycles. The summed E-state index contributed by atoms with van der Waals surface area (Å²) in [6.07, 6.45) is 2.11. The van der Waals surface area contributed by atoms with Crippen molar-refractivity contribution in [2.24, 2.45) is 0 Å². The van der Waals surface area contributed by atoms with Crippen LogP contribution >= 0.6 is 34.5 Å². The first-order chi connectivity index (χ1) is 12.1. The maximum Gasteiger partial charge on any atom is 0.258 e. The fourth-order valence-electron chi connectivity index (χ4n) is 2.22. The monoisotopic (exact) mass is 394 g/mol. The van der Waals surface area contributed by atoms with E-state index in [0.29, 0.717) is 27.3 Å². The summed E-state index contributed by atoms with van der Waals surface area (Å²) in [6, 6.07) is 10.5. The van der Waals surface area contributed by atoms with Crippen LogP contribution in [-0.4, -0.2) is 17.5 Å². The Morgan fingerprint density at radius 1 is 1.24 bits per heavy atom. The number of halogens is 2. The minimum atomic E-state index is -0.319. The number of benzene rings is 2. The van der Waals surface area contributed by atoms with Crippen LogP contribution in [0.5, 0.6) is 5.75 Å². The van der Waals surface area contributed by atoms with Gasteiger partial charge in [0.25, 0.3) is 5.91 Å². The zero-order valence-corrected chi connectivity index (χ0v) is 15.8. The van der Waals surface area contributed by atoms with Crippen molar-refractivity contribution in [3.8, 4) is 5.75 Å². The number of nitrogens with one attached hydrogen (secondary N) is 1. The summed E-state index contributed by atoms with van der Waals surface area (Å²) < 4.78 is 6.65. The molecule has 130 valence electrons. The highest BCUT2D eigenvalue weighted by atomic mass is 35.5. The lowest BCUT2D eigenvalue weighted by molar-refractivity contribution is 0.102. The number of amides is 1. The third kappa shape index (κ3) is 4.42. The molecule has 0 aliphatic heterocycles. The van der Waals surface area contributed by atoms with Gasteiger partial charge in [0.05, 0.1) is 27.4 Å². The molecular weight excluding hydrogens is 379 g/mol. The summed E-state index contributed by atoms with van der Waals surface area (Å²) in [4.78, 5) is 16.8. The highest BCUT2D eigenvalue weighted by Gasteiger charge is 2.13. The molecule has 0 aliphatic rings. The Kier molecular flexibility index (Phi) is 5.78. The van der Waals surface area contributed by atoms with E-state index in [-0.39, 0.29) is 5.91 Å². The molecule has 25 heavy (non-hydrogen) atoms. The lowest BCUT2D eigenvalue weighted by Crippen LogP contribution is -2.12. The van der Waals surface area contributed by atoms with E-state index in [1.165, 1.54) is 17.4 Å². The van der Waals surface area contributed by atoms with Crippen LogP contribution in [0.4, 0.5) is 5.13 Å². The van der Waals surface area contributed by atoms with Crippen molar-refractivity contribution in [3.05, 3.63) is 52.0 Å². The summed E-state index contributed by atoms with van der Waals surface area (Å²) in [7, 11) is 0. The number of fused-ring (bicyclic) bond motifs is 1. The number of ether oxygens (including phenoxy) is 1. The molecule has 1 amide bonds. The molecule has 0 saturated carbocycles. The number of nitrogens with zero attached hydrogens (tertiary/aromatic N) is 1. The average Bonchev–Trinajstić information content (AvgIpc) is 2.96. The zero-order chi connectivity index (χ0) is 17.8. The van der Waals surface area contributed by atoms with Crippen LogP contribution < -0.4 is 10.1 Å². The topological polar surface area (TPSA) is 51.2 Å². The standard InChI is InChI=1S/C18H16Cl2N2O2S/c1-2-3-8-24-12-5-7-15-16(10-12)25-18(21-15)22-17(23)13-6-4-11(19)9-14(13)20/h4-7,9-10H,2-3,8H2,1H3,(H,21,22,23). The van der Waals surface area contributed by atoms with Crippen molar-refractivity contribution in [1.82, 2.24) is 4.98 Å². The van der Waals surface area contributed by atoms with Crippen LogP contribution in [-0.2, 0) is 0 Å². The summed E-state index contributed by atoms with van der Waals surface area (Å²) in [5, 5.41) is 4.08. The quantitative estimate of drug-likeness (QED) is 0.518. The predicted molar refractivity (Wildman–Crippen MR) is 104 cm³/mol. The van der Waals surface area contributed by atoms with Crippen LogP contribution in [0.3, 0.4) is 0 Å². The van der Waals surface area contributed by atoms with E-state index in [9.17, 15) is 4.79 Å². The molecule has 1 N–H and O–H groups in total. The number of thiazole rings is 1. The van der Waals surface area contributed by atoms with E-state index in [4.69, 9.17) is 27.9 Å². The van der Waals surface area contributed by atoms with Crippen LogP contribution in [0.2, 0.25) is 10.0 Å². The Bertz CT molecular complexity index is 911. The first-order valence-corrected chi connectivity index (χ1v) is 9.44. The normalized spacial score (nSPS) is 10.8. The maximum absolute atomic E-state index is 12.4. The Morgan fingerprint density at radius 3 is 2.84 bits per heavy atom. The van der Waals surface area contributed by atoms with Gasteiger partial charge in [-0.15, -0.1) is 0 Å². The fourth-order valence-corrected chi connectivity index (χ4v) is 3.60. The number of aromatic nitrogens is 1. The van der Waals surface area contributed by atoms with Gasteiger partial charge in [-0.05, 0) is 42.8 Å². The number of carbonyl (C=O) groups excluding carboxylic acids is 1. The molecule has 0 fully saturated rings. The maximum atomic E-state index is 12.4. The lowest BCUT2D eigenvalue weighted by atomic mass is 10.2. The third-order valence-electron chi connectivity index (χ3n) is 3.52. The van der Waals surface area contributed by atoms with Gasteiger partial charge < -0.3 is 4.74 Å². The Labute approximate surface area is 159 Å².